The SMILES string of the molecule is NCC1(Cc2cccc(Cl)c2)CCCCCC1. The highest BCUT2D eigenvalue weighted by Crippen LogP contribution is 2.37. The van der Waals surface area contributed by atoms with Gasteiger partial charge >= 0.3 is 0 Å². The van der Waals surface area contributed by atoms with Crippen LogP contribution in [-0.2, 0) is 6.42 Å². The summed E-state index contributed by atoms with van der Waals surface area (Å²) in [4.78, 5) is 0. The Morgan fingerprint density at radius 1 is 1.12 bits per heavy atom. The number of benzene rings is 1. The van der Waals surface area contributed by atoms with Crippen LogP contribution in [0.15, 0.2) is 24.3 Å². The van der Waals surface area contributed by atoms with Crippen molar-refractivity contribution in [1.82, 2.24) is 0 Å². The molecule has 1 aliphatic rings. The van der Waals surface area contributed by atoms with Gasteiger partial charge in [-0.2, -0.15) is 0 Å². The van der Waals surface area contributed by atoms with Crippen LogP contribution in [0.3, 0.4) is 0 Å². The Labute approximate surface area is 109 Å². The van der Waals surface area contributed by atoms with Gasteiger partial charge in [-0.15, -0.1) is 0 Å². The molecule has 0 bridgehead atoms. The van der Waals surface area contributed by atoms with E-state index in [-0.39, 0.29) is 0 Å². The molecule has 0 radical (unpaired) electrons. The summed E-state index contributed by atoms with van der Waals surface area (Å²) in [5, 5.41) is 0.836. The Kier molecular flexibility index (Phi) is 4.47. The fourth-order valence-corrected chi connectivity index (χ4v) is 3.22. The summed E-state index contributed by atoms with van der Waals surface area (Å²) in [5.74, 6) is 0. The van der Waals surface area contributed by atoms with Gasteiger partial charge in [0, 0.05) is 5.02 Å². The summed E-state index contributed by atoms with van der Waals surface area (Å²) < 4.78 is 0. The second kappa shape index (κ2) is 5.88. The Balaban J connectivity index is 2.12. The second-order valence-corrected chi connectivity index (χ2v) is 5.86. The van der Waals surface area contributed by atoms with Gasteiger partial charge < -0.3 is 5.73 Å². The molecule has 17 heavy (non-hydrogen) atoms. The first-order chi connectivity index (χ1) is 8.24. The summed E-state index contributed by atoms with van der Waals surface area (Å²) in [7, 11) is 0. The molecule has 2 rings (SSSR count). The monoisotopic (exact) mass is 251 g/mol. The smallest absolute Gasteiger partial charge is 0.0408 e. The third kappa shape index (κ3) is 3.46. The van der Waals surface area contributed by atoms with Gasteiger partial charge in [0.15, 0.2) is 0 Å². The zero-order valence-corrected chi connectivity index (χ0v) is 11.2. The maximum Gasteiger partial charge on any atom is 0.0408 e. The van der Waals surface area contributed by atoms with Crippen LogP contribution < -0.4 is 5.73 Å². The van der Waals surface area contributed by atoms with Crippen molar-refractivity contribution in [3.8, 4) is 0 Å². The fraction of sp³-hybridized carbons (Fsp3) is 0.600. The molecule has 94 valence electrons. The third-order valence-corrected chi connectivity index (χ3v) is 4.30. The molecule has 0 amide bonds. The lowest BCUT2D eigenvalue weighted by atomic mass is 9.75. The molecule has 0 heterocycles. The maximum atomic E-state index is 6.06. The van der Waals surface area contributed by atoms with Crippen molar-refractivity contribution < 1.29 is 0 Å². The number of rotatable bonds is 3. The predicted molar refractivity (Wildman–Crippen MR) is 74.3 cm³/mol. The Hall–Kier alpha value is -0.530. The average Bonchev–Trinajstić information content (AvgIpc) is 2.55. The molecule has 0 atom stereocenters. The van der Waals surface area contributed by atoms with Crippen molar-refractivity contribution in [1.29, 1.82) is 0 Å². The highest BCUT2D eigenvalue weighted by atomic mass is 35.5. The Morgan fingerprint density at radius 3 is 2.41 bits per heavy atom. The Bertz CT molecular complexity index is 354. The summed E-state index contributed by atoms with van der Waals surface area (Å²) in [6.45, 7) is 0.805. The molecular weight excluding hydrogens is 230 g/mol. The lowest BCUT2D eigenvalue weighted by Crippen LogP contribution is -2.32. The number of nitrogens with two attached hydrogens (primary N) is 1. The van der Waals surface area contributed by atoms with E-state index >= 15 is 0 Å². The normalized spacial score (nSPS) is 19.9. The molecule has 0 aromatic heterocycles. The van der Waals surface area contributed by atoms with E-state index in [2.05, 4.69) is 12.1 Å². The standard InChI is InChI=1S/C15H22ClN/c16-14-7-5-6-13(10-14)11-15(12-17)8-3-1-2-4-9-15/h5-7,10H,1-4,8-9,11-12,17H2. The van der Waals surface area contributed by atoms with Gasteiger partial charge in [0.1, 0.15) is 0 Å². The zero-order valence-electron chi connectivity index (χ0n) is 10.4. The first-order valence-corrected chi connectivity index (χ1v) is 7.06. The van der Waals surface area contributed by atoms with Gasteiger partial charge in [0.25, 0.3) is 0 Å². The van der Waals surface area contributed by atoms with Crippen LogP contribution in [0, 0.1) is 5.41 Å². The Morgan fingerprint density at radius 2 is 1.82 bits per heavy atom. The van der Waals surface area contributed by atoms with Crippen LogP contribution >= 0.6 is 11.6 Å². The van der Waals surface area contributed by atoms with Gasteiger partial charge in [-0.1, -0.05) is 49.4 Å². The van der Waals surface area contributed by atoms with Crippen LogP contribution in [-0.4, -0.2) is 6.54 Å². The van der Waals surface area contributed by atoms with Gasteiger partial charge in [0.05, 0.1) is 0 Å². The first-order valence-electron chi connectivity index (χ1n) is 6.69. The molecule has 1 aliphatic carbocycles. The molecule has 0 saturated heterocycles. The van der Waals surface area contributed by atoms with E-state index in [0.29, 0.717) is 5.41 Å². The second-order valence-electron chi connectivity index (χ2n) is 5.43. The van der Waals surface area contributed by atoms with Gasteiger partial charge in [-0.25, -0.2) is 0 Å². The molecular formula is C15H22ClN. The van der Waals surface area contributed by atoms with Crippen molar-refractivity contribution in [3.63, 3.8) is 0 Å². The van der Waals surface area contributed by atoms with Gasteiger partial charge in [0.2, 0.25) is 0 Å². The molecule has 1 saturated carbocycles. The zero-order chi connectivity index (χ0) is 12.1. The third-order valence-electron chi connectivity index (χ3n) is 4.07. The molecule has 1 aromatic carbocycles. The molecule has 2 N–H and O–H groups in total. The maximum absolute atomic E-state index is 6.06. The molecule has 0 spiro atoms. The summed E-state index contributed by atoms with van der Waals surface area (Å²) in [5.41, 5.74) is 7.72. The van der Waals surface area contributed by atoms with E-state index < -0.39 is 0 Å². The molecule has 1 fully saturated rings. The minimum atomic E-state index is 0.321. The molecule has 1 aromatic rings. The van der Waals surface area contributed by atoms with Crippen molar-refractivity contribution in [2.45, 2.75) is 44.9 Å². The molecule has 0 aliphatic heterocycles. The summed E-state index contributed by atoms with van der Waals surface area (Å²) in [6.07, 6.45) is 9.04. The average molecular weight is 252 g/mol. The van der Waals surface area contributed by atoms with Gasteiger partial charge in [-0.3, -0.25) is 0 Å². The van der Waals surface area contributed by atoms with Crippen LogP contribution in [0.5, 0.6) is 0 Å². The number of hydrogen-bond donors (Lipinski definition) is 1. The van der Waals surface area contributed by atoms with Crippen molar-refractivity contribution >= 4 is 11.6 Å². The van der Waals surface area contributed by atoms with Crippen molar-refractivity contribution in [2.24, 2.45) is 11.1 Å². The van der Waals surface area contributed by atoms with E-state index in [4.69, 9.17) is 17.3 Å². The minimum Gasteiger partial charge on any atom is -0.330 e. The summed E-state index contributed by atoms with van der Waals surface area (Å²) >= 11 is 6.05. The largest absolute Gasteiger partial charge is 0.330 e. The first kappa shape index (κ1) is 12.9. The lowest BCUT2D eigenvalue weighted by molar-refractivity contribution is 0.252. The van der Waals surface area contributed by atoms with E-state index in [9.17, 15) is 0 Å². The van der Waals surface area contributed by atoms with Crippen LogP contribution in [0.4, 0.5) is 0 Å². The van der Waals surface area contributed by atoms with E-state index in [1.807, 2.05) is 12.1 Å². The van der Waals surface area contributed by atoms with E-state index in [1.165, 1.54) is 44.1 Å². The topological polar surface area (TPSA) is 26.0 Å². The molecule has 2 heteroatoms. The van der Waals surface area contributed by atoms with E-state index in [0.717, 1.165) is 18.0 Å². The van der Waals surface area contributed by atoms with Crippen LogP contribution in [0.2, 0.25) is 5.02 Å². The molecule has 0 unspecified atom stereocenters. The lowest BCUT2D eigenvalue weighted by Gasteiger charge is -2.31. The van der Waals surface area contributed by atoms with E-state index in [1.54, 1.807) is 0 Å². The number of halogens is 1. The summed E-state index contributed by atoms with van der Waals surface area (Å²) in [6, 6.07) is 8.24. The van der Waals surface area contributed by atoms with Gasteiger partial charge in [-0.05, 0) is 48.9 Å². The minimum absolute atomic E-state index is 0.321. The highest BCUT2D eigenvalue weighted by Gasteiger charge is 2.29. The van der Waals surface area contributed by atoms with Crippen LogP contribution in [0.1, 0.15) is 44.1 Å². The fourth-order valence-electron chi connectivity index (χ4n) is 3.01. The predicted octanol–water partition coefficient (Wildman–Crippen LogP) is 4.18. The van der Waals surface area contributed by atoms with Crippen molar-refractivity contribution in [3.05, 3.63) is 34.9 Å². The number of hydrogen-bond acceptors (Lipinski definition) is 1. The van der Waals surface area contributed by atoms with Crippen molar-refractivity contribution in [2.75, 3.05) is 6.54 Å². The van der Waals surface area contributed by atoms with Crippen LogP contribution in [0.25, 0.3) is 0 Å². The molecule has 1 nitrogen and oxygen atoms in total. The highest BCUT2D eigenvalue weighted by molar-refractivity contribution is 6.30. The quantitative estimate of drug-likeness (QED) is 0.802.